The smallest absolute Gasteiger partial charge is 0.237 e. The van der Waals surface area contributed by atoms with Gasteiger partial charge in [0.15, 0.2) is 20.8 Å². The first-order valence-corrected chi connectivity index (χ1v) is 12.2. The monoisotopic (exact) mass is 448 g/mol. The Morgan fingerprint density at radius 1 is 1.40 bits per heavy atom. The minimum Gasteiger partial charge on any atom is -0.325 e. The molecule has 160 valence electrons. The molecule has 0 saturated carbocycles. The number of aromatic nitrogens is 3. The molecule has 1 aromatic heterocycles. The first-order chi connectivity index (χ1) is 14.2. The molecule has 1 N–H and O–H groups in total. The molecule has 0 radical (unpaired) electrons. The Kier molecular flexibility index (Phi) is 6.77. The molecule has 1 saturated heterocycles. The highest BCUT2D eigenvalue weighted by Crippen LogP contribution is 2.31. The van der Waals surface area contributed by atoms with E-state index in [4.69, 9.17) is 0 Å². The van der Waals surface area contributed by atoms with Crippen molar-refractivity contribution in [2.24, 2.45) is 0 Å². The summed E-state index contributed by atoms with van der Waals surface area (Å²) in [4.78, 5) is 24.2. The number of benzene rings is 1. The van der Waals surface area contributed by atoms with E-state index in [9.17, 15) is 18.0 Å². The maximum atomic E-state index is 12.6. The summed E-state index contributed by atoms with van der Waals surface area (Å²) >= 11 is 1.24. The van der Waals surface area contributed by atoms with Crippen LogP contribution in [0.4, 0.5) is 5.69 Å². The number of Topliss-reactive ketones (excluding diaryl/α,β-unsaturated/α-hetero) is 1. The lowest BCUT2D eigenvalue weighted by atomic mass is 10.1. The van der Waals surface area contributed by atoms with Crippen LogP contribution < -0.4 is 5.32 Å². The number of allylic oxidation sites excluding steroid dienone is 1. The Labute approximate surface area is 180 Å². The van der Waals surface area contributed by atoms with Gasteiger partial charge < -0.3 is 9.88 Å². The summed E-state index contributed by atoms with van der Waals surface area (Å²) in [7, 11) is -3.05. The average Bonchev–Trinajstić information content (AvgIpc) is 3.25. The second-order valence-electron chi connectivity index (χ2n) is 7.23. The first kappa shape index (κ1) is 22.2. The van der Waals surface area contributed by atoms with Crippen LogP contribution in [0.3, 0.4) is 0 Å². The topological polar surface area (TPSA) is 111 Å². The summed E-state index contributed by atoms with van der Waals surface area (Å²) in [5, 5.41) is 11.3. The van der Waals surface area contributed by atoms with Gasteiger partial charge in [-0.3, -0.25) is 9.59 Å². The Bertz CT molecular complexity index is 1080. The minimum absolute atomic E-state index is 0.0650. The fourth-order valence-corrected chi connectivity index (χ4v) is 5.86. The number of carbonyl (C=O) groups excluding carboxylic acids is 2. The maximum absolute atomic E-state index is 12.6. The Morgan fingerprint density at radius 2 is 2.17 bits per heavy atom. The third-order valence-corrected chi connectivity index (χ3v) is 7.69. The van der Waals surface area contributed by atoms with Gasteiger partial charge in [0.1, 0.15) is 5.82 Å². The summed E-state index contributed by atoms with van der Waals surface area (Å²) in [6, 6.07) is 6.77. The fraction of sp³-hybridized carbons (Fsp3) is 0.400. The SMILES string of the molecule is C=CCn1c(S[C@H](C)C(=O)Nc2cccc(C(C)=O)c2)nnc1[C@H]1CCS(=O)(=O)C1. The summed E-state index contributed by atoms with van der Waals surface area (Å²) < 4.78 is 25.5. The normalized spacial score (nSPS) is 18.7. The van der Waals surface area contributed by atoms with Crippen LogP contribution >= 0.6 is 11.8 Å². The van der Waals surface area contributed by atoms with Gasteiger partial charge in [-0.05, 0) is 32.4 Å². The van der Waals surface area contributed by atoms with Gasteiger partial charge in [0.2, 0.25) is 5.91 Å². The average molecular weight is 449 g/mol. The summed E-state index contributed by atoms with van der Waals surface area (Å²) in [5.41, 5.74) is 1.07. The van der Waals surface area contributed by atoms with Crippen LogP contribution in [0.25, 0.3) is 0 Å². The second-order valence-corrected chi connectivity index (χ2v) is 10.8. The highest BCUT2D eigenvalue weighted by Gasteiger charge is 2.33. The largest absolute Gasteiger partial charge is 0.325 e. The van der Waals surface area contributed by atoms with Crippen LogP contribution in [-0.2, 0) is 21.2 Å². The first-order valence-electron chi connectivity index (χ1n) is 9.53. The van der Waals surface area contributed by atoms with Crippen molar-refractivity contribution in [3.8, 4) is 0 Å². The van der Waals surface area contributed by atoms with Crippen molar-refractivity contribution in [2.45, 2.75) is 43.1 Å². The number of ketones is 1. The van der Waals surface area contributed by atoms with Gasteiger partial charge in [-0.15, -0.1) is 16.8 Å². The van der Waals surface area contributed by atoms with Crippen molar-refractivity contribution in [3.05, 3.63) is 48.3 Å². The number of thioether (sulfide) groups is 1. The number of hydrogen-bond donors (Lipinski definition) is 1. The van der Waals surface area contributed by atoms with E-state index in [1.807, 2.05) is 4.57 Å². The predicted molar refractivity (Wildman–Crippen MR) is 117 cm³/mol. The van der Waals surface area contributed by atoms with E-state index in [1.54, 1.807) is 37.3 Å². The van der Waals surface area contributed by atoms with Crippen LogP contribution in [0, 0.1) is 0 Å². The molecule has 2 heterocycles. The Morgan fingerprint density at radius 3 is 2.80 bits per heavy atom. The zero-order valence-corrected chi connectivity index (χ0v) is 18.5. The standard InChI is InChI=1S/C20H24N4O4S2/c1-4-9-24-18(16-8-10-30(27,28)12-16)22-23-20(24)29-14(3)19(26)21-17-7-5-6-15(11-17)13(2)25/h4-7,11,14,16H,1,8-10,12H2,2-3H3,(H,21,26)/t14-,16+/m1/s1. The molecule has 10 heteroatoms. The lowest BCUT2D eigenvalue weighted by molar-refractivity contribution is -0.115. The molecule has 0 unspecified atom stereocenters. The molecule has 1 amide bonds. The van der Waals surface area contributed by atoms with Crippen molar-refractivity contribution in [3.63, 3.8) is 0 Å². The number of rotatable bonds is 8. The van der Waals surface area contributed by atoms with Gasteiger partial charge in [-0.1, -0.05) is 30.0 Å². The highest BCUT2D eigenvalue weighted by molar-refractivity contribution is 8.00. The quantitative estimate of drug-likeness (QED) is 0.375. The van der Waals surface area contributed by atoms with Gasteiger partial charge in [0, 0.05) is 23.7 Å². The predicted octanol–water partition coefficient (Wildman–Crippen LogP) is 2.69. The van der Waals surface area contributed by atoms with Crippen molar-refractivity contribution >= 4 is 39.0 Å². The molecule has 2 atom stereocenters. The third kappa shape index (κ3) is 5.17. The molecule has 8 nitrogen and oxygen atoms in total. The molecule has 1 aliphatic heterocycles. The lowest BCUT2D eigenvalue weighted by Crippen LogP contribution is -2.23. The molecule has 3 rings (SSSR count). The van der Waals surface area contributed by atoms with E-state index in [2.05, 4.69) is 22.1 Å². The van der Waals surface area contributed by atoms with Crippen LogP contribution in [0.2, 0.25) is 0 Å². The Balaban J connectivity index is 1.73. The molecule has 1 fully saturated rings. The molecule has 2 aromatic rings. The van der Waals surface area contributed by atoms with Crippen LogP contribution in [-0.4, -0.2) is 51.6 Å². The minimum atomic E-state index is -3.05. The van der Waals surface area contributed by atoms with Gasteiger partial charge in [0.25, 0.3) is 0 Å². The molecular weight excluding hydrogens is 424 g/mol. The van der Waals surface area contributed by atoms with Crippen molar-refractivity contribution in [1.82, 2.24) is 14.8 Å². The number of anilines is 1. The number of nitrogens with one attached hydrogen (secondary N) is 1. The zero-order chi connectivity index (χ0) is 21.9. The number of carbonyl (C=O) groups is 2. The summed E-state index contributed by atoms with van der Waals surface area (Å²) in [6.45, 7) is 7.40. The number of amides is 1. The number of nitrogens with zero attached hydrogens (tertiary/aromatic N) is 3. The van der Waals surface area contributed by atoms with Crippen LogP contribution in [0.5, 0.6) is 0 Å². The van der Waals surface area contributed by atoms with Crippen molar-refractivity contribution in [1.29, 1.82) is 0 Å². The van der Waals surface area contributed by atoms with E-state index in [0.29, 0.717) is 35.2 Å². The third-order valence-electron chi connectivity index (χ3n) is 4.84. The summed E-state index contributed by atoms with van der Waals surface area (Å²) in [6.07, 6.45) is 2.21. The van der Waals surface area contributed by atoms with E-state index < -0.39 is 15.1 Å². The van der Waals surface area contributed by atoms with Gasteiger partial charge in [0.05, 0.1) is 16.8 Å². The Hall–Kier alpha value is -2.46. The maximum Gasteiger partial charge on any atom is 0.237 e. The fourth-order valence-electron chi connectivity index (χ4n) is 3.26. The molecule has 0 spiro atoms. The summed E-state index contributed by atoms with van der Waals surface area (Å²) in [5.74, 6) is 0.316. The van der Waals surface area contributed by atoms with E-state index in [0.717, 1.165) is 0 Å². The number of hydrogen-bond acceptors (Lipinski definition) is 7. The van der Waals surface area contributed by atoms with Gasteiger partial charge in [-0.25, -0.2) is 8.42 Å². The molecule has 0 aliphatic carbocycles. The zero-order valence-electron chi connectivity index (χ0n) is 16.9. The lowest BCUT2D eigenvalue weighted by Gasteiger charge is -2.14. The van der Waals surface area contributed by atoms with Gasteiger partial charge in [-0.2, -0.15) is 0 Å². The molecule has 1 aliphatic rings. The van der Waals surface area contributed by atoms with Gasteiger partial charge >= 0.3 is 0 Å². The van der Waals surface area contributed by atoms with E-state index >= 15 is 0 Å². The highest BCUT2D eigenvalue weighted by atomic mass is 32.2. The van der Waals surface area contributed by atoms with Crippen LogP contribution in [0.15, 0.2) is 42.1 Å². The van der Waals surface area contributed by atoms with Crippen molar-refractivity contribution in [2.75, 3.05) is 16.8 Å². The van der Waals surface area contributed by atoms with Crippen LogP contribution in [0.1, 0.15) is 42.4 Å². The van der Waals surface area contributed by atoms with E-state index in [1.165, 1.54) is 18.7 Å². The number of sulfone groups is 1. The molecule has 1 aromatic carbocycles. The second kappa shape index (κ2) is 9.13. The van der Waals surface area contributed by atoms with Crippen molar-refractivity contribution < 1.29 is 18.0 Å². The molecule has 0 bridgehead atoms. The molecular formula is C20H24N4O4S2. The van der Waals surface area contributed by atoms with E-state index in [-0.39, 0.29) is 29.1 Å². The molecule has 30 heavy (non-hydrogen) atoms.